The molecular formula is C20H18BrNO4. The van der Waals surface area contributed by atoms with Gasteiger partial charge in [-0.15, -0.1) is 0 Å². The topological polar surface area (TPSA) is 79.5 Å². The first kappa shape index (κ1) is 19.5. The van der Waals surface area contributed by atoms with Crippen LogP contribution in [0.2, 0.25) is 0 Å². The largest absolute Gasteiger partial charge is 0.493 e. The van der Waals surface area contributed by atoms with E-state index in [-0.39, 0.29) is 11.7 Å². The molecule has 0 atom stereocenters. The normalized spacial score (nSPS) is 11.2. The maximum Gasteiger partial charge on any atom is 0.335 e. The minimum atomic E-state index is -1.01. The average Bonchev–Trinajstić information content (AvgIpc) is 2.61. The van der Waals surface area contributed by atoms with Gasteiger partial charge in [0.15, 0.2) is 11.5 Å². The number of ether oxygens (including phenoxy) is 2. The maximum absolute atomic E-state index is 10.9. The first-order valence-electron chi connectivity index (χ1n) is 7.85. The highest BCUT2D eigenvalue weighted by Crippen LogP contribution is 2.38. The van der Waals surface area contributed by atoms with Crippen LogP contribution in [0.25, 0.3) is 11.6 Å². The zero-order valence-electron chi connectivity index (χ0n) is 14.6. The third-order valence-corrected chi connectivity index (χ3v) is 4.07. The van der Waals surface area contributed by atoms with Gasteiger partial charge in [-0.3, -0.25) is 0 Å². The summed E-state index contributed by atoms with van der Waals surface area (Å²) in [5.74, 6) is 0.148. The minimum Gasteiger partial charge on any atom is -0.493 e. The number of benzene rings is 2. The highest BCUT2D eigenvalue weighted by atomic mass is 79.9. The van der Waals surface area contributed by atoms with E-state index in [1.807, 2.05) is 19.9 Å². The lowest BCUT2D eigenvalue weighted by molar-refractivity contribution is 0.0697. The molecular weight excluding hydrogens is 398 g/mol. The molecule has 0 spiro atoms. The number of carbonyl (C=O) groups is 1. The predicted molar refractivity (Wildman–Crippen MR) is 103 cm³/mol. The average molecular weight is 416 g/mol. The molecule has 0 fully saturated rings. The second-order valence-corrected chi connectivity index (χ2v) is 6.61. The van der Waals surface area contributed by atoms with Gasteiger partial charge >= 0.3 is 5.97 Å². The van der Waals surface area contributed by atoms with Crippen molar-refractivity contribution in [3.8, 4) is 17.6 Å². The standard InChI is InChI=1S/C20H18BrNO4/c1-12(2)26-19-17(21)9-13(10-18(19)25-3)8-16(11-22)14-4-6-15(7-5-14)20(23)24/h4-10,12H,1-3H3,(H,23,24)/b16-8-. The third kappa shape index (κ3) is 4.64. The number of carboxylic acid groups (broad SMARTS) is 1. The lowest BCUT2D eigenvalue weighted by atomic mass is 10.0. The Morgan fingerprint density at radius 1 is 1.23 bits per heavy atom. The Kier molecular flexibility index (Phi) is 6.42. The molecule has 5 nitrogen and oxygen atoms in total. The fraction of sp³-hybridized carbons (Fsp3) is 0.200. The fourth-order valence-corrected chi connectivity index (χ4v) is 2.87. The number of nitriles is 1. The summed E-state index contributed by atoms with van der Waals surface area (Å²) in [6.45, 7) is 3.85. The van der Waals surface area contributed by atoms with Gasteiger partial charge in [-0.2, -0.15) is 5.26 Å². The van der Waals surface area contributed by atoms with Crippen LogP contribution in [0.3, 0.4) is 0 Å². The quantitative estimate of drug-likeness (QED) is 0.529. The summed E-state index contributed by atoms with van der Waals surface area (Å²) in [6, 6.07) is 11.9. The van der Waals surface area contributed by atoms with Crippen molar-refractivity contribution in [3.63, 3.8) is 0 Å². The van der Waals surface area contributed by atoms with Gasteiger partial charge in [0.2, 0.25) is 0 Å². The van der Waals surface area contributed by atoms with Crippen molar-refractivity contribution in [1.29, 1.82) is 5.26 Å². The van der Waals surface area contributed by atoms with Crippen LogP contribution in [0.4, 0.5) is 0 Å². The number of halogens is 1. The first-order chi connectivity index (χ1) is 12.3. The number of aromatic carboxylic acids is 1. The smallest absolute Gasteiger partial charge is 0.335 e. The highest BCUT2D eigenvalue weighted by molar-refractivity contribution is 9.10. The van der Waals surface area contributed by atoms with Crippen LogP contribution in [-0.4, -0.2) is 24.3 Å². The zero-order chi connectivity index (χ0) is 19.3. The van der Waals surface area contributed by atoms with Gasteiger partial charge in [-0.25, -0.2) is 4.79 Å². The van der Waals surface area contributed by atoms with Crippen molar-refractivity contribution >= 4 is 33.5 Å². The molecule has 1 N–H and O–H groups in total. The van der Waals surface area contributed by atoms with Crippen molar-refractivity contribution in [2.45, 2.75) is 20.0 Å². The van der Waals surface area contributed by atoms with Gasteiger partial charge in [0, 0.05) is 0 Å². The molecule has 0 aliphatic carbocycles. The van der Waals surface area contributed by atoms with Crippen LogP contribution >= 0.6 is 15.9 Å². The van der Waals surface area contributed by atoms with Gasteiger partial charge in [-0.1, -0.05) is 12.1 Å². The SMILES string of the molecule is COc1cc(/C=C(/C#N)c2ccc(C(=O)O)cc2)cc(Br)c1OC(C)C. The summed E-state index contributed by atoms with van der Waals surface area (Å²) in [5.41, 5.74) is 1.97. The Bertz CT molecular complexity index is 880. The number of methoxy groups -OCH3 is 1. The van der Waals surface area contributed by atoms with Crippen LogP contribution in [0, 0.1) is 11.3 Å². The lowest BCUT2D eigenvalue weighted by Crippen LogP contribution is -2.07. The molecule has 0 aliphatic rings. The second kappa shape index (κ2) is 8.54. The molecule has 0 aliphatic heterocycles. The molecule has 0 amide bonds. The van der Waals surface area contributed by atoms with E-state index in [9.17, 15) is 10.1 Å². The van der Waals surface area contributed by atoms with Crippen molar-refractivity contribution in [2.24, 2.45) is 0 Å². The van der Waals surface area contributed by atoms with E-state index < -0.39 is 5.97 Å². The molecule has 6 heteroatoms. The van der Waals surface area contributed by atoms with Gasteiger partial charge in [0.1, 0.15) is 0 Å². The molecule has 0 saturated carbocycles. The van der Waals surface area contributed by atoms with E-state index in [1.54, 1.807) is 31.4 Å². The number of hydrogen-bond donors (Lipinski definition) is 1. The molecule has 0 bridgehead atoms. The number of hydrogen-bond acceptors (Lipinski definition) is 4. The van der Waals surface area contributed by atoms with Crippen molar-refractivity contribution in [1.82, 2.24) is 0 Å². The van der Waals surface area contributed by atoms with Gasteiger partial charge in [0.25, 0.3) is 0 Å². The van der Waals surface area contributed by atoms with Crippen LogP contribution < -0.4 is 9.47 Å². The first-order valence-corrected chi connectivity index (χ1v) is 8.64. The molecule has 0 heterocycles. The Morgan fingerprint density at radius 3 is 2.35 bits per heavy atom. The minimum absolute atomic E-state index is 0.0102. The molecule has 26 heavy (non-hydrogen) atoms. The molecule has 0 aromatic heterocycles. The molecule has 2 aromatic carbocycles. The van der Waals surface area contributed by atoms with Gasteiger partial charge in [-0.05, 0) is 71.2 Å². The Balaban J connectivity index is 2.44. The van der Waals surface area contributed by atoms with E-state index in [0.717, 1.165) is 10.0 Å². The second-order valence-electron chi connectivity index (χ2n) is 5.75. The predicted octanol–water partition coefficient (Wildman–Crippen LogP) is 5.01. The molecule has 2 rings (SSSR count). The zero-order valence-corrected chi connectivity index (χ0v) is 16.2. The number of rotatable bonds is 6. The Labute approximate surface area is 160 Å². The summed E-state index contributed by atoms with van der Waals surface area (Å²) in [4.78, 5) is 10.9. The van der Waals surface area contributed by atoms with Crippen LogP contribution in [0.1, 0.15) is 35.3 Å². The monoisotopic (exact) mass is 415 g/mol. The molecule has 2 aromatic rings. The summed E-state index contributed by atoms with van der Waals surface area (Å²) >= 11 is 3.48. The molecule has 0 unspecified atom stereocenters. The summed E-state index contributed by atoms with van der Waals surface area (Å²) in [7, 11) is 1.55. The summed E-state index contributed by atoms with van der Waals surface area (Å²) < 4.78 is 11.9. The number of carboxylic acids is 1. The Morgan fingerprint density at radius 2 is 1.85 bits per heavy atom. The molecule has 0 saturated heterocycles. The molecule has 0 radical (unpaired) electrons. The van der Waals surface area contributed by atoms with Crippen molar-refractivity contribution in [2.75, 3.05) is 7.11 Å². The summed E-state index contributed by atoms with van der Waals surface area (Å²) in [5, 5.41) is 18.5. The summed E-state index contributed by atoms with van der Waals surface area (Å²) in [6.07, 6.45) is 1.70. The molecule has 134 valence electrons. The van der Waals surface area contributed by atoms with E-state index in [2.05, 4.69) is 22.0 Å². The van der Waals surface area contributed by atoms with Gasteiger partial charge < -0.3 is 14.6 Å². The van der Waals surface area contributed by atoms with E-state index >= 15 is 0 Å². The Hall–Kier alpha value is -2.78. The lowest BCUT2D eigenvalue weighted by Gasteiger charge is -2.16. The van der Waals surface area contributed by atoms with Crippen molar-refractivity contribution in [3.05, 3.63) is 57.6 Å². The van der Waals surface area contributed by atoms with Gasteiger partial charge in [0.05, 0.1) is 34.9 Å². The van der Waals surface area contributed by atoms with Crippen molar-refractivity contribution < 1.29 is 19.4 Å². The van der Waals surface area contributed by atoms with E-state index in [1.165, 1.54) is 12.1 Å². The van der Waals surface area contributed by atoms with E-state index in [0.29, 0.717) is 22.6 Å². The van der Waals surface area contributed by atoms with Crippen LogP contribution in [0.15, 0.2) is 40.9 Å². The third-order valence-electron chi connectivity index (χ3n) is 3.48. The van der Waals surface area contributed by atoms with Crippen LogP contribution in [-0.2, 0) is 0 Å². The highest BCUT2D eigenvalue weighted by Gasteiger charge is 2.13. The van der Waals surface area contributed by atoms with Crippen LogP contribution in [0.5, 0.6) is 11.5 Å². The number of nitrogens with zero attached hydrogens (tertiary/aromatic N) is 1. The fourth-order valence-electron chi connectivity index (χ4n) is 2.31. The van der Waals surface area contributed by atoms with E-state index in [4.69, 9.17) is 14.6 Å². The number of allylic oxidation sites excluding steroid dienone is 1. The maximum atomic E-state index is 10.9.